The Labute approximate surface area is 112 Å². The van der Waals surface area contributed by atoms with E-state index in [0.717, 1.165) is 6.54 Å². The van der Waals surface area contributed by atoms with Crippen LogP contribution in [-0.4, -0.2) is 13.1 Å². The summed E-state index contributed by atoms with van der Waals surface area (Å²) in [7, 11) is 0. The van der Waals surface area contributed by atoms with Gasteiger partial charge in [0.1, 0.15) is 0 Å². The SMILES string of the molecule is CCCNCC1(Cc2ccc(I)cc2)CC1. The van der Waals surface area contributed by atoms with Crippen LogP contribution in [0.15, 0.2) is 24.3 Å². The molecule has 0 unspecified atom stereocenters. The van der Waals surface area contributed by atoms with Gasteiger partial charge in [-0.15, -0.1) is 0 Å². The van der Waals surface area contributed by atoms with Crippen molar-refractivity contribution in [1.82, 2.24) is 5.32 Å². The Hall–Kier alpha value is -0.0900. The van der Waals surface area contributed by atoms with E-state index in [9.17, 15) is 0 Å². The molecule has 2 heteroatoms. The minimum atomic E-state index is 0.585. The third-order valence-electron chi connectivity index (χ3n) is 3.38. The molecule has 0 bridgehead atoms. The molecule has 0 spiro atoms. The van der Waals surface area contributed by atoms with Crippen LogP contribution in [0.5, 0.6) is 0 Å². The van der Waals surface area contributed by atoms with Crippen LogP contribution in [-0.2, 0) is 6.42 Å². The first-order chi connectivity index (χ1) is 7.74. The second-order valence-electron chi connectivity index (χ2n) is 4.98. The van der Waals surface area contributed by atoms with Gasteiger partial charge in [0.2, 0.25) is 0 Å². The van der Waals surface area contributed by atoms with Gasteiger partial charge in [-0.3, -0.25) is 0 Å². The van der Waals surface area contributed by atoms with Gasteiger partial charge in [-0.2, -0.15) is 0 Å². The minimum absolute atomic E-state index is 0.585. The summed E-state index contributed by atoms with van der Waals surface area (Å²) in [5, 5.41) is 3.57. The van der Waals surface area contributed by atoms with Crippen molar-refractivity contribution in [3.8, 4) is 0 Å². The van der Waals surface area contributed by atoms with Gasteiger partial charge in [-0.05, 0) is 77.9 Å². The minimum Gasteiger partial charge on any atom is -0.316 e. The maximum Gasteiger partial charge on any atom is 0.0130 e. The van der Waals surface area contributed by atoms with E-state index in [-0.39, 0.29) is 0 Å². The van der Waals surface area contributed by atoms with Crippen molar-refractivity contribution in [3.63, 3.8) is 0 Å². The van der Waals surface area contributed by atoms with E-state index in [1.54, 1.807) is 0 Å². The molecule has 0 radical (unpaired) electrons. The molecule has 0 saturated heterocycles. The normalized spacial score (nSPS) is 17.4. The maximum absolute atomic E-state index is 3.57. The molecular weight excluding hydrogens is 309 g/mol. The summed E-state index contributed by atoms with van der Waals surface area (Å²) >= 11 is 2.36. The average Bonchev–Trinajstić information content (AvgIpc) is 3.03. The number of hydrogen-bond donors (Lipinski definition) is 1. The van der Waals surface area contributed by atoms with Gasteiger partial charge < -0.3 is 5.32 Å². The van der Waals surface area contributed by atoms with Gasteiger partial charge in [-0.25, -0.2) is 0 Å². The molecule has 1 aliphatic carbocycles. The highest BCUT2D eigenvalue weighted by molar-refractivity contribution is 14.1. The fraction of sp³-hybridized carbons (Fsp3) is 0.571. The average molecular weight is 329 g/mol. The number of benzene rings is 1. The lowest BCUT2D eigenvalue weighted by Crippen LogP contribution is -2.26. The third-order valence-corrected chi connectivity index (χ3v) is 4.10. The maximum atomic E-state index is 3.57. The Morgan fingerprint density at radius 1 is 1.25 bits per heavy atom. The van der Waals surface area contributed by atoms with Crippen LogP contribution in [0.2, 0.25) is 0 Å². The van der Waals surface area contributed by atoms with Crippen LogP contribution in [0.1, 0.15) is 31.7 Å². The van der Waals surface area contributed by atoms with Crippen molar-refractivity contribution in [2.45, 2.75) is 32.6 Å². The molecule has 2 rings (SSSR count). The molecule has 16 heavy (non-hydrogen) atoms. The number of nitrogens with one attached hydrogen (secondary N) is 1. The molecule has 1 nitrogen and oxygen atoms in total. The molecule has 0 heterocycles. The van der Waals surface area contributed by atoms with E-state index in [4.69, 9.17) is 0 Å². The summed E-state index contributed by atoms with van der Waals surface area (Å²) in [6.45, 7) is 4.59. The van der Waals surface area contributed by atoms with E-state index in [0.29, 0.717) is 5.41 Å². The van der Waals surface area contributed by atoms with Crippen LogP contribution in [0.3, 0.4) is 0 Å². The standard InChI is InChI=1S/C14H20IN/c1-2-9-16-11-14(7-8-14)10-12-3-5-13(15)6-4-12/h3-6,16H,2,7-11H2,1H3. The number of hydrogen-bond acceptors (Lipinski definition) is 1. The van der Waals surface area contributed by atoms with E-state index >= 15 is 0 Å². The summed E-state index contributed by atoms with van der Waals surface area (Å²) in [6, 6.07) is 8.99. The second kappa shape index (κ2) is 5.50. The highest BCUT2D eigenvalue weighted by Crippen LogP contribution is 2.47. The van der Waals surface area contributed by atoms with Gasteiger partial charge in [-0.1, -0.05) is 19.1 Å². The quantitative estimate of drug-likeness (QED) is 0.621. The summed E-state index contributed by atoms with van der Waals surface area (Å²) in [5.74, 6) is 0. The third kappa shape index (κ3) is 3.45. The van der Waals surface area contributed by atoms with Gasteiger partial charge in [0, 0.05) is 10.1 Å². The molecule has 0 aromatic heterocycles. The van der Waals surface area contributed by atoms with Crippen LogP contribution >= 0.6 is 22.6 Å². The first-order valence-electron chi connectivity index (χ1n) is 6.19. The lowest BCUT2D eigenvalue weighted by atomic mass is 9.96. The molecule has 88 valence electrons. The van der Waals surface area contributed by atoms with Crippen molar-refractivity contribution in [1.29, 1.82) is 0 Å². The predicted octanol–water partition coefficient (Wildman–Crippen LogP) is 3.61. The molecule has 0 atom stereocenters. The number of rotatable bonds is 6. The van der Waals surface area contributed by atoms with Crippen molar-refractivity contribution >= 4 is 22.6 Å². The molecule has 1 aliphatic rings. The summed E-state index contributed by atoms with van der Waals surface area (Å²) in [4.78, 5) is 0. The van der Waals surface area contributed by atoms with E-state index in [1.807, 2.05) is 0 Å². The smallest absolute Gasteiger partial charge is 0.0130 e. The zero-order valence-corrected chi connectivity index (χ0v) is 12.1. The molecule has 0 amide bonds. The predicted molar refractivity (Wildman–Crippen MR) is 77.7 cm³/mol. The Morgan fingerprint density at radius 2 is 1.94 bits per heavy atom. The van der Waals surface area contributed by atoms with Gasteiger partial charge in [0.05, 0.1) is 0 Å². The zero-order valence-electron chi connectivity index (χ0n) is 9.93. The van der Waals surface area contributed by atoms with E-state index in [2.05, 4.69) is 59.1 Å². The first-order valence-corrected chi connectivity index (χ1v) is 7.27. The molecule has 1 aromatic rings. The van der Waals surface area contributed by atoms with Gasteiger partial charge >= 0.3 is 0 Å². The zero-order chi connectivity index (χ0) is 11.4. The van der Waals surface area contributed by atoms with Crippen molar-refractivity contribution < 1.29 is 0 Å². The van der Waals surface area contributed by atoms with Crippen LogP contribution < -0.4 is 5.32 Å². The topological polar surface area (TPSA) is 12.0 Å². The van der Waals surface area contributed by atoms with Gasteiger partial charge in [0.15, 0.2) is 0 Å². The molecule has 1 N–H and O–H groups in total. The van der Waals surface area contributed by atoms with Crippen molar-refractivity contribution in [2.24, 2.45) is 5.41 Å². The van der Waals surface area contributed by atoms with E-state index in [1.165, 1.54) is 41.4 Å². The van der Waals surface area contributed by atoms with Gasteiger partial charge in [0.25, 0.3) is 0 Å². The van der Waals surface area contributed by atoms with Crippen LogP contribution in [0.25, 0.3) is 0 Å². The highest BCUT2D eigenvalue weighted by atomic mass is 127. The molecular formula is C14H20IN. The van der Waals surface area contributed by atoms with Crippen molar-refractivity contribution in [2.75, 3.05) is 13.1 Å². The lowest BCUT2D eigenvalue weighted by Gasteiger charge is -2.16. The summed E-state index contributed by atoms with van der Waals surface area (Å²) in [5.41, 5.74) is 2.08. The number of halogens is 1. The van der Waals surface area contributed by atoms with E-state index < -0.39 is 0 Å². The first kappa shape index (κ1) is 12.4. The Bertz CT molecular complexity index is 327. The fourth-order valence-electron chi connectivity index (χ4n) is 2.16. The second-order valence-corrected chi connectivity index (χ2v) is 6.23. The molecule has 1 fully saturated rings. The molecule has 1 saturated carbocycles. The Morgan fingerprint density at radius 3 is 2.50 bits per heavy atom. The summed E-state index contributed by atoms with van der Waals surface area (Å²) in [6.07, 6.45) is 5.28. The molecule has 1 aromatic carbocycles. The molecule has 0 aliphatic heterocycles. The summed E-state index contributed by atoms with van der Waals surface area (Å²) < 4.78 is 1.33. The largest absolute Gasteiger partial charge is 0.316 e. The lowest BCUT2D eigenvalue weighted by molar-refractivity contribution is 0.455. The van der Waals surface area contributed by atoms with Crippen LogP contribution in [0, 0.1) is 8.99 Å². The Kier molecular flexibility index (Phi) is 4.25. The monoisotopic (exact) mass is 329 g/mol. The van der Waals surface area contributed by atoms with Crippen molar-refractivity contribution in [3.05, 3.63) is 33.4 Å². The Balaban J connectivity index is 1.86. The fourth-order valence-corrected chi connectivity index (χ4v) is 2.52. The van der Waals surface area contributed by atoms with Crippen LogP contribution in [0.4, 0.5) is 0 Å². The highest BCUT2D eigenvalue weighted by Gasteiger charge is 2.41.